The molecule has 0 spiro atoms. The molecule has 5 heteroatoms. The van der Waals surface area contributed by atoms with Crippen molar-refractivity contribution in [1.82, 2.24) is 9.80 Å². The van der Waals surface area contributed by atoms with Gasteiger partial charge in [-0.15, -0.1) is 0 Å². The van der Waals surface area contributed by atoms with Gasteiger partial charge in [-0.3, -0.25) is 9.69 Å². The quantitative estimate of drug-likeness (QED) is 0.585. The molecular weight excluding hydrogens is 319 g/mol. The third-order valence-electron chi connectivity index (χ3n) is 4.77. The second-order valence-corrected chi connectivity index (χ2v) is 6.84. The standard InChI is InChI=1S/C20H29FN2O2/c1-15(12-18-8-5-6-9-19(18)21)20(24)22-13-16(2)23(17(3)14-22)10-7-11-25-4/h5-6,8-9,12,16-17H,7,10-11,13-14H2,1-4H3/b15-12+. The van der Waals surface area contributed by atoms with Crippen LogP contribution >= 0.6 is 0 Å². The van der Waals surface area contributed by atoms with Crippen LogP contribution in [0.2, 0.25) is 0 Å². The van der Waals surface area contributed by atoms with Gasteiger partial charge < -0.3 is 9.64 Å². The van der Waals surface area contributed by atoms with Gasteiger partial charge in [0.05, 0.1) is 0 Å². The van der Waals surface area contributed by atoms with Gasteiger partial charge in [0.2, 0.25) is 5.91 Å². The van der Waals surface area contributed by atoms with Crippen molar-refractivity contribution in [3.63, 3.8) is 0 Å². The van der Waals surface area contributed by atoms with E-state index in [4.69, 9.17) is 4.74 Å². The molecule has 0 aliphatic carbocycles. The third-order valence-corrected chi connectivity index (χ3v) is 4.77. The number of piperazine rings is 1. The summed E-state index contributed by atoms with van der Waals surface area (Å²) in [4.78, 5) is 17.1. The number of methoxy groups -OCH3 is 1. The van der Waals surface area contributed by atoms with E-state index in [1.54, 1.807) is 38.3 Å². The number of benzene rings is 1. The molecule has 2 atom stereocenters. The summed E-state index contributed by atoms with van der Waals surface area (Å²) in [7, 11) is 1.72. The summed E-state index contributed by atoms with van der Waals surface area (Å²) in [5.74, 6) is -0.321. The predicted molar refractivity (Wildman–Crippen MR) is 98.8 cm³/mol. The lowest BCUT2D eigenvalue weighted by atomic mass is 10.1. The zero-order valence-electron chi connectivity index (χ0n) is 15.7. The summed E-state index contributed by atoms with van der Waals surface area (Å²) in [5.41, 5.74) is 1.02. The summed E-state index contributed by atoms with van der Waals surface area (Å²) in [5, 5.41) is 0. The number of rotatable bonds is 6. The van der Waals surface area contributed by atoms with Crippen molar-refractivity contribution in [2.24, 2.45) is 0 Å². The van der Waals surface area contributed by atoms with Crippen LogP contribution in [-0.4, -0.2) is 61.1 Å². The minimum atomic E-state index is -0.306. The molecule has 1 saturated heterocycles. The van der Waals surface area contributed by atoms with Crippen LogP contribution in [0.5, 0.6) is 0 Å². The van der Waals surface area contributed by atoms with E-state index in [2.05, 4.69) is 18.7 Å². The first-order valence-corrected chi connectivity index (χ1v) is 8.90. The Morgan fingerprint density at radius 1 is 1.28 bits per heavy atom. The molecule has 2 rings (SSSR count). The van der Waals surface area contributed by atoms with Crippen LogP contribution in [0.3, 0.4) is 0 Å². The Balaban J connectivity index is 2.02. The summed E-state index contributed by atoms with van der Waals surface area (Å²) < 4.78 is 18.9. The maximum atomic E-state index is 13.8. The van der Waals surface area contributed by atoms with Crippen LogP contribution in [0.4, 0.5) is 4.39 Å². The predicted octanol–water partition coefficient (Wildman–Crippen LogP) is 3.19. The monoisotopic (exact) mass is 348 g/mol. The molecular formula is C20H29FN2O2. The fourth-order valence-corrected chi connectivity index (χ4v) is 3.49. The minimum Gasteiger partial charge on any atom is -0.385 e. The maximum Gasteiger partial charge on any atom is 0.249 e. The van der Waals surface area contributed by atoms with Gasteiger partial charge in [0.1, 0.15) is 5.82 Å². The van der Waals surface area contributed by atoms with Gasteiger partial charge in [-0.25, -0.2) is 4.39 Å². The fraction of sp³-hybridized carbons (Fsp3) is 0.550. The molecule has 1 fully saturated rings. The Morgan fingerprint density at radius 3 is 2.52 bits per heavy atom. The van der Waals surface area contributed by atoms with Crippen molar-refractivity contribution >= 4 is 12.0 Å². The van der Waals surface area contributed by atoms with Crippen molar-refractivity contribution in [2.45, 2.75) is 39.3 Å². The van der Waals surface area contributed by atoms with E-state index >= 15 is 0 Å². The molecule has 0 bridgehead atoms. The highest BCUT2D eigenvalue weighted by Gasteiger charge is 2.31. The second-order valence-electron chi connectivity index (χ2n) is 6.84. The summed E-state index contributed by atoms with van der Waals surface area (Å²) in [6, 6.07) is 7.11. The SMILES string of the molecule is COCCCN1C(C)CN(C(=O)/C(C)=C/c2ccccc2F)CC1C. The molecule has 4 nitrogen and oxygen atoms in total. The highest BCUT2D eigenvalue weighted by molar-refractivity contribution is 5.97. The van der Waals surface area contributed by atoms with E-state index in [1.165, 1.54) is 6.07 Å². The van der Waals surface area contributed by atoms with E-state index in [0.717, 1.165) is 19.6 Å². The minimum absolute atomic E-state index is 0.0153. The normalized spacial score (nSPS) is 22.3. The average molecular weight is 348 g/mol. The van der Waals surface area contributed by atoms with Crippen LogP contribution in [0.15, 0.2) is 29.8 Å². The molecule has 0 radical (unpaired) electrons. The molecule has 1 heterocycles. The average Bonchev–Trinajstić information content (AvgIpc) is 2.58. The zero-order valence-corrected chi connectivity index (χ0v) is 15.7. The Hall–Kier alpha value is -1.72. The first kappa shape index (κ1) is 19.6. The highest BCUT2D eigenvalue weighted by atomic mass is 19.1. The number of carbonyl (C=O) groups is 1. The van der Waals surface area contributed by atoms with E-state index in [1.807, 2.05) is 4.90 Å². The molecule has 1 aliphatic rings. The van der Waals surface area contributed by atoms with Crippen LogP contribution in [0, 0.1) is 5.82 Å². The number of halogens is 1. The van der Waals surface area contributed by atoms with E-state index in [0.29, 0.717) is 36.3 Å². The number of amides is 1. The molecule has 1 aromatic carbocycles. The van der Waals surface area contributed by atoms with Crippen molar-refractivity contribution < 1.29 is 13.9 Å². The first-order chi connectivity index (χ1) is 11.9. The number of carbonyl (C=O) groups excluding carboxylic acids is 1. The van der Waals surface area contributed by atoms with Gasteiger partial charge in [-0.05, 0) is 39.3 Å². The third kappa shape index (κ3) is 5.13. The van der Waals surface area contributed by atoms with Crippen LogP contribution in [0.1, 0.15) is 32.8 Å². The molecule has 0 aromatic heterocycles. The van der Waals surface area contributed by atoms with Crippen molar-refractivity contribution in [1.29, 1.82) is 0 Å². The number of nitrogens with zero attached hydrogens (tertiary/aromatic N) is 2. The topological polar surface area (TPSA) is 32.8 Å². The zero-order chi connectivity index (χ0) is 18.4. The lowest BCUT2D eigenvalue weighted by Crippen LogP contribution is -2.58. The van der Waals surface area contributed by atoms with E-state index in [-0.39, 0.29) is 11.7 Å². The molecule has 1 amide bonds. The fourth-order valence-electron chi connectivity index (χ4n) is 3.49. The van der Waals surface area contributed by atoms with Gasteiger partial charge in [0.25, 0.3) is 0 Å². The Kier molecular flexibility index (Phi) is 7.14. The lowest BCUT2D eigenvalue weighted by molar-refractivity contribution is -0.131. The molecule has 0 N–H and O–H groups in total. The Bertz CT molecular complexity index is 605. The van der Waals surface area contributed by atoms with Crippen molar-refractivity contribution in [3.05, 3.63) is 41.2 Å². The van der Waals surface area contributed by atoms with Gasteiger partial charge in [0, 0.05) is 56.6 Å². The number of hydrogen-bond donors (Lipinski definition) is 0. The van der Waals surface area contributed by atoms with Crippen LogP contribution in [0.25, 0.3) is 6.08 Å². The van der Waals surface area contributed by atoms with Crippen LogP contribution in [-0.2, 0) is 9.53 Å². The van der Waals surface area contributed by atoms with Gasteiger partial charge >= 0.3 is 0 Å². The molecule has 1 aromatic rings. The molecule has 25 heavy (non-hydrogen) atoms. The number of ether oxygens (including phenoxy) is 1. The summed E-state index contributed by atoms with van der Waals surface area (Å²) in [6.07, 6.45) is 2.63. The number of hydrogen-bond acceptors (Lipinski definition) is 3. The lowest BCUT2D eigenvalue weighted by Gasteiger charge is -2.44. The highest BCUT2D eigenvalue weighted by Crippen LogP contribution is 2.19. The van der Waals surface area contributed by atoms with Crippen molar-refractivity contribution in [3.8, 4) is 0 Å². The van der Waals surface area contributed by atoms with Crippen LogP contribution < -0.4 is 0 Å². The Morgan fingerprint density at radius 2 is 1.92 bits per heavy atom. The molecule has 2 unspecified atom stereocenters. The second kappa shape index (κ2) is 9.11. The first-order valence-electron chi connectivity index (χ1n) is 8.90. The Labute approximate surface area is 150 Å². The van der Waals surface area contributed by atoms with E-state index < -0.39 is 0 Å². The summed E-state index contributed by atoms with van der Waals surface area (Å²) >= 11 is 0. The molecule has 1 aliphatic heterocycles. The van der Waals surface area contributed by atoms with Gasteiger partial charge in [-0.2, -0.15) is 0 Å². The smallest absolute Gasteiger partial charge is 0.249 e. The largest absolute Gasteiger partial charge is 0.385 e. The van der Waals surface area contributed by atoms with E-state index in [9.17, 15) is 9.18 Å². The van der Waals surface area contributed by atoms with Crippen molar-refractivity contribution in [2.75, 3.05) is 33.4 Å². The van der Waals surface area contributed by atoms with Gasteiger partial charge in [0.15, 0.2) is 0 Å². The maximum absolute atomic E-state index is 13.8. The summed E-state index contributed by atoms with van der Waals surface area (Å²) in [6.45, 7) is 9.18. The van der Waals surface area contributed by atoms with Gasteiger partial charge in [-0.1, -0.05) is 18.2 Å². The molecule has 0 saturated carbocycles. The molecule has 138 valence electrons.